The number of carboxylic acids is 1. The van der Waals surface area contributed by atoms with E-state index in [9.17, 15) is 9.59 Å². The van der Waals surface area contributed by atoms with Crippen molar-refractivity contribution in [2.45, 2.75) is 26.8 Å². The summed E-state index contributed by atoms with van der Waals surface area (Å²) in [5.74, 6) is -0.878. The first-order valence-corrected chi connectivity index (χ1v) is 6.93. The Kier molecular flexibility index (Phi) is 6.52. The molecule has 1 N–H and O–H groups in total. The lowest BCUT2D eigenvalue weighted by atomic mass is 10.2. The van der Waals surface area contributed by atoms with Crippen molar-refractivity contribution in [3.8, 4) is 0 Å². The highest BCUT2D eigenvalue weighted by Crippen LogP contribution is 2.07. The van der Waals surface area contributed by atoms with Crippen molar-refractivity contribution >= 4 is 24.0 Å². The first-order chi connectivity index (χ1) is 10.0. The van der Waals surface area contributed by atoms with Gasteiger partial charge < -0.3 is 5.11 Å². The van der Waals surface area contributed by atoms with Crippen LogP contribution in [0.25, 0.3) is 5.65 Å². The van der Waals surface area contributed by atoms with Crippen LogP contribution in [0.15, 0.2) is 29.2 Å². The molecule has 0 saturated carbocycles. The summed E-state index contributed by atoms with van der Waals surface area (Å²) in [6, 6.07) is 5.17. The molecule has 0 fully saturated rings. The summed E-state index contributed by atoms with van der Waals surface area (Å²) in [6.07, 6.45) is 2.53. The van der Waals surface area contributed by atoms with Crippen molar-refractivity contribution < 1.29 is 9.90 Å². The molecule has 6 nitrogen and oxygen atoms in total. The second kappa shape index (κ2) is 7.91. The van der Waals surface area contributed by atoms with Gasteiger partial charge in [0.15, 0.2) is 0 Å². The van der Waals surface area contributed by atoms with Gasteiger partial charge in [0.25, 0.3) is 5.56 Å². The van der Waals surface area contributed by atoms with E-state index in [1.807, 2.05) is 19.9 Å². The molecule has 2 aromatic rings. The second-order valence-corrected chi connectivity index (χ2v) is 5.07. The van der Waals surface area contributed by atoms with E-state index in [0.717, 1.165) is 12.0 Å². The van der Waals surface area contributed by atoms with E-state index in [-0.39, 0.29) is 24.5 Å². The van der Waals surface area contributed by atoms with Gasteiger partial charge in [-0.05, 0) is 31.5 Å². The molecule has 0 aliphatic rings. The highest BCUT2D eigenvalue weighted by Gasteiger charge is 2.12. The molecule has 2 aromatic heterocycles. The lowest BCUT2D eigenvalue weighted by molar-refractivity contribution is -0.138. The van der Waals surface area contributed by atoms with Crippen LogP contribution in [0.1, 0.15) is 24.6 Å². The van der Waals surface area contributed by atoms with Crippen LogP contribution < -0.4 is 5.56 Å². The summed E-state index contributed by atoms with van der Waals surface area (Å²) in [6.45, 7) is 4.85. The van der Waals surface area contributed by atoms with Gasteiger partial charge >= 0.3 is 5.97 Å². The minimum atomic E-state index is -0.878. The predicted molar refractivity (Wildman–Crippen MR) is 86.7 cm³/mol. The fraction of sp³-hybridized carbons (Fsp3) is 0.400. The number of rotatable bonds is 6. The number of nitrogens with zero attached hydrogens (tertiary/aromatic N) is 3. The molecule has 7 heteroatoms. The maximum Gasteiger partial charge on any atom is 0.317 e. The Morgan fingerprint density at radius 1 is 1.45 bits per heavy atom. The van der Waals surface area contributed by atoms with Crippen LogP contribution in [-0.2, 0) is 11.3 Å². The number of carboxylic acid groups (broad SMARTS) is 1. The zero-order valence-corrected chi connectivity index (χ0v) is 13.5. The Morgan fingerprint density at radius 3 is 2.82 bits per heavy atom. The van der Waals surface area contributed by atoms with Gasteiger partial charge in [0.05, 0.1) is 12.2 Å². The number of hydrogen-bond donors (Lipinski definition) is 1. The fourth-order valence-corrected chi connectivity index (χ4v) is 2.34. The van der Waals surface area contributed by atoms with E-state index in [1.54, 1.807) is 17.2 Å². The van der Waals surface area contributed by atoms with Gasteiger partial charge in [-0.25, -0.2) is 4.98 Å². The zero-order chi connectivity index (χ0) is 15.4. The number of pyridine rings is 1. The van der Waals surface area contributed by atoms with Gasteiger partial charge in [-0.1, -0.05) is 13.0 Å². The minimum Gasteiger partial charge on any atom is -0.480 e. The molecule has 22 heavy (non-hydrogen) atoms. The molecule has 0 amide bonds. The van der Waals surface area contributed by atoms with E-state index in [2.05, 4.69) is 4.98 Å². The number of fused-ring (bicyclic) bond motifs is 1. The summed E-state index contributed by atoms with van der Waals surface area (Å²) in [5, 5.41) is 8.93. The van der Waals surface area contributed by atoms with Crippen LogP contribution in [0, 0.1) is 6.92 Å². The molecule has 0 aliphatic carbocycles. The summed E-state index contributed by atoms with van der Waals surface area (Å²) in [5.41, 5.74) is 1.98. The monoisotopic (exact) mass is 325 g/mol. The van der Waals surface area contributed by atoms with Crippen LogP contribution in [0.5, 0.6) is 0 Å². The topological polar surface area (TPSA) is 74.9 Å². The summed E-state index contributed by atoms with van der Waals surface area (Å²) < 4.78 is 1.50. The van der Waals surface area contributed by atoms with E-state index >= 15 is 0 Å². The van der Waals surface area contributed by atoms with E-state index in [0.29, 0.717) is 24.4 Å². The second-order valence-electron chi connectivity index (χ2n) is 5.07. The molecule has 2 heterocycles. The van der Waals surface area contributed by atoms with Crippen molar-refractivity contribution in [2.75, 3.05) is 13.1 Å². The third-order valence-corrected chi connectivity index (χ3v) is 3.22. The average Bonchev–Trinajstić information content (AvgIpc) is 2.39. The average molecular weight is 326 g/mol. The summed E-state index contributed by atoms with van der Waals surface area (Å²) in [7, 11) is 0. The number of carbonyl (C=O) groups is 1. The van der Waals surface area contributed by atoms with Gasteiger partial charge in [-0.2, -0.15) is 0 Å². The quantitative estimate of drug-likeness (QED) is 0.875. The molecule has 2 rings (SSSR count). The van der Waals surface area contributed by atoms with Crippen LogP contribution in [0.2, 0.25) is 0 Å². The molecular formula is C15H20ClN3O3. The van der Waals surface area contributed by atoms with Crippen molar-refractivity contribution in [3.63, 3.8) is 0 Å². The molecular weight excluding hydrogens is 306 g/mol. The first-order valence-electron chi connectivity index (χ1n) is 6.93. The Balaban J connectivity index is 0.00000242. The smallest absolute Gasteiger partial charge is 0.317 e. The Bertz CT molecular complexity index is 715. The number of halogens is 1. The molecule has 0 atom stereocenters. The summed E-state index contributed by atoms with van der Waals surface area (Å²) in [4.78, 5) is 29.3. The van der Waals surface area contributed by atoms with Gasteiger partial charge in [-0.15, -0.1) is 12.4 Å². The zero-order valence-electron chi connectivity index (χ0n) is 12.7. The first kappa shape index (κ1) is 18.1. The molecule has 0 saturated heterocycles. The van der Waals surface area contributed by atoms with Crippen molar-refractivity contribution in [2.24, 2.45) is 0 Å². The number of aryl methyl sites for hydroxylation is 1. The molecule has 0 bridgehead atoms. The van der Waals surface area contributed by atoms with Crippen LogP contribution in [0.3, 0.4) is 0 Å². The SMILES string of the molecule is CCCN(CC(=O)O)Cc1cc(=O)n2cccc(C)c2n1.Cl. The Morgan fingerprint density at radius 2 is 2.18 bits per heavy atom. The molecule has 120 valence electrons. The minimum absolute atomic E-state index is 0. The van der Waals surface area contributed by atoms with Crippen molar-refractivity contribution in [1.29, 1.82) is 0 Å². The number of aliphatic carboxylic acids is 1. The van der Waals surface area contributed by atoms with Crippen molar-refractivity contribution in [3.05, 3.63) is 46.0 Å². The van der Waals surface area contributed by atoms with Gasteiger partial charge in [0.2, 0.25) is 0 Å². The van der Waals surface area contributed by atoms with Gasteiger partial charge in [0, 0.05) is 18.8 Å². The van der Waals surface area contributed by atoms with E-state index in [1.165, 1.54) is 10.5 Å². The maximum atomic E-state index is 12.1. The third kappa shape index (κ3) is 4.29. The van der Waals surface area contributed by atoms with Crippen LogP contribution >= 0.6 is 12.4 Å². The maximum absolute atomic E-state index is 12.1. The van der Waals surface area contributed by atoms with Gasteiger partial charge in [0.1, 0.15) is 5.65 Å². The van der Waals surface area contributed by atoms with Crippen molar-refractivity contribution in [1.82, 2.24) is 14.3 Å². The molecule has 0 unspecified atom stereocenters. The van der Waals surface area contributed by atoms with E-state index < -0.39 is 5.97 Å². The van der Waals surface area contributed by atoms with Crippen LogP contribution in [0.4, 0.5) is 0 Å². The van der Waals surface area contributed by atoms with Gasteiger partial charge in [-0.3, -0.25) is 18.9 Å². The molecule has 0 aliphatic heterocycles. The molecule has 0 radical (unpaired) electrons. The number of hydrogen-bond acceptors (Lipinski definition) is 4. The molecule has 0 aromatic carbocycles. The Hall–Kier alpha value is -1.92. The Labute approximate surface area is 134 Å². The standard InChI is InChI=1S/C15H19N3O3.ClH/c1-3-6-17(10-14(20)21)9-12-8-13(19)18-7-4-5-11(2)15(18)16-12;/h4-5,7-8H,3,6,9-10H2,1-2H3,(H,20,21);1H. The lowest BCUT2D eigenvalue weighted by Crippen LogP contribution is -2.31. The highest BCUT2D eigenvalue weighted by atomic mass is 35.5. The number of aromatic nitrogens is 2. The third-order valence-electron chi connectivity index (χ3n) is 3.22. The van der Waals surface area contributed by atoms with E-state index in [4.69, 9.17) is 5.11 Å². The van der Waals surface area contributed by atoms with Crippen LogP contribution in [-0.4, -0.2) is 38.4 Å². The molecule has 0 spiro atoms. The lowest BCUT2D eigenvalue weighted by Gasteiger charge is -2.19. The summed E-state index contributed by atoms with van der Waals surface area (Å²) >= 11 is 0. The normalized spacial score (nSPS) is 10.7. The predicted octanol–water partition coefficient (Wildman–Crippen LogP) is 1.72. The highest BCUT2D eigenvalue weighted by molar-refractivity contribution is 5.85. The fourth-order valence-electron chi connectivity index (χ4n) is 2.34. The largest absolute Gasteiger partial charge is 0.480 e.